The maximum absolute atomic E-state index is 12.4. The molecule has 0 aliphatic carbocycles. The van der Waals surface area contributed by atoms with E-state index in [1.807, 2.05) is 73.8 Å². The molecule has 170 valence electrons. The summed E-state index contributed by atoms with van der Waals surface area (Å²) in [7, 11) is 1.38. The van der Waals surface area contributed by atoms with Crippen LogP contribution < -0.4 is 5.32 Å². The number of H-pyrrole nitrogens is 1. The third-order valence-corrected chi connectivity index (χ3v) is 5.49. The summed E-state index contributed by atoms with van der Waals surface area (Å²) < 4.78 is 6.72. The van der Waals surface area contributed by atoms with Crippen molar-refractivity contribution in [1.82, 2.24) is 34.9 Å². The molecule has 0 bridgehead atoms. The molecule has 0 saturated carbocycles. The van der Waals surface area contributed by atoms with Crippen LogP contribution in [-0.4, -0.2) is 42.6 Å². The first kappa shape index (κ1) is 21.5. The highest BCUT2D eigenvalue weighted by molar-refractivity contribution is 5.78. The molecule has 5 rings (SSSR count). The van der Waals surface area contributed by atoms with Gasteiger partial charge in [-0.05, 0) is 36.8 Å². The third-order valence-electron chi connectivity index (χ3n) is 5.49. The number of benzene rings is 1. The van der Waals surface area contributed by atoms with Crippen LogP contribution in [0.5, 0.6) is 0 Å². The molecule has 0 aliphatic heterocycles. The van der Waals surface area contributed by atoms with E-state index in [1.54, 1.807) is 4.52 Å². The minimum absolute atomic E-state index is 0.318. The van der Waals surface area contributed by atoms with E-state index < -0.39 is 6.04 Å². The van der Waals surface area contributed by atoms with Gasteiger partial charge in [-0.1, -0.05) is 36.4 Å². The summed E-state index contributed by atoms with van der Waals surface area (Å²) >= 11 is 0. The number of ether oxygens (including phenoxy) is 1. The lowest BCUT2D eigenvalue weighted by molar-refractivity contribution is -0.143. The van der Waals surface area contributed by atoms with E-state index >= 15 is 0 Å². The summed E-state index contributed by atoms with van der Waals surface area (Å²) in [4.78, 5) is 29.6. The predicted octanol–water partition coefficient (Wildman–Crippen LogP) is 3.49. The van der Waals surface area contributed by atoms with Crippen molar-refractivity contribution in [2.24, 2.45) is 0 Å². The van der Waals surface area contributed by atoms with E-state index in [4.69, 9.17) is 9.72 Å². The SMILES string of the molecule is COC(=O)[C@H](NCc1nc(-c2cccc(C)n2)c(-c2ccc3ncnn3c2)[nH]1)c1ccccc1. The van der Waals surface area contributed by atoms with E-state index in [0.29, 0.717) is 18.1 Å². The molecule has 0 aliphatic rings. The molecule has 5 aromatic rings. The van der Waals surface area contributed by atoms with Gasteiger partial charge in [0.05, 0.1) is 25.0 Å². The Bertz CT molecular complexity index is 1440. The largest absolute Gasteiger partial charge is 0.468 e. The van der Waals surface area contributed by atoms with Crippen LogP contribution in [0.1, 0.15) is 23.1 Å². The summed E-state index contributed by atoms with van der Waals surface area (Å²) in [5, 5.41) is 7.51. The molecular weight excluding hydrogens is 430 g/mol. The van der Waals surface area contributed by atoms with Crippen LogP contribution in [0.25, 0.3) is 28.3 Å². The van der Waals surface area contributed by atoms with Crippen LogP contribution in [0, 0.1) is 6.92 Å². The van der Waals surface area contributed by atoms with Crippen LogP contribution in [0.3, 0.4) is 0 Å². The average Bonchev–Trinajstić information content (AvgIpc) is 3.51. The first-order chi connectivity index (χ1) is 16.6. The fourth-order valence-corrected chi connectivity index (χ4v) is 3.84. The lowest BCUT2D eigenvalue weighted by atomic mass is 10.1. The number of carbonyl (C=O) groups excluding carboxylic acids is 1. The summed E-state index contributed by atoms with van der Waals surface area (Å²) in [5.74, 6) is 0.298. The van der Waals surface area contributed by atoms with Crippen LogP contribution in [0.15, 0.2) is 73.2 Å². The number of imidazole rings is 1. The van der Waals surface area contributed by atoms with Crippen molar-refractivity contribution in [2.45, 2.75) is 19.5 Å². The number of nitrogens with zero attached hydrogens (tertiary/aromatic N) is 5. The topological polar surface area (TPSA) is 110 Å². The normalized spacial score (nSPS) is 12.1. The van der Waals surface area contributed by atoms with Crippen molar-refractivity contribution in [3.05, 3.63) is 90.3 Å². The second kappa shape index (κ2) is 9.24. The Morgan fingerprint density at radius 1 is 1.09 bits per heavy atom. The minimum Gasteiger partial charge on any atom is -0.468 e. The lowest BCUT2D eigenvalue weighted by Gasteiger charge is -2.16. The molecule has 34 heavy (non-hydrogen) atoms. The van der Waals surface area contributed by atoms with Crippen molar-refractivity contribution in [3.63, 3.8) is 0 Å². The second-order valence-electron chi connectivity index (χ2n) is 7.80. The van der Waals surface area contributed by atoms with Crippen LogP contribution in [0.4, 0.5) is 0 Å². The average molecular weight is 454 g/mol. The zero-order valence-corrected chi connectivity index (χ0v) is 18.8. The number of methoxy groups -OCH3 is 1. The van der Waals surface area contributed by atoms with E-state index in [0.717, 1.165) is 33.9 Å². The summed E-state index contributed by atoms with van der Waals surface area (Å²) in [6.07, 6.45) is 3.41. The number of carbonyl (C=O) groups is 1. The Hall–Kier alpha value is -4.37. The fraction of sp³-hybridized carbons (Fsp3) is 0.160. The van der Waals surface area contributed by atoms with Crippen molar-refractivity contribution < 1.29 is 9.53 Å². The molecule has 9 nitrogen and oxygen atoms in total. The highest BCUT2D eigenvalue weighted by atomic mass is 16.5. The Morgan fingerprint density at radius 2 is 1.94 bits per heavy atom. The van der Waals surface area contributed by atoms with Gasteiger partial charge in [-0.25, -0.2) is 19.3 Å². The Balaban J connectivity index is 1.51. The van der Waals surface area contributed by atoms with E-state index in [1.165, 1.54) is 13.4 Å². The van der Waals surface area contributed by atoms with Gasteiger partial charge in [0, 0.05) is 17.5 Å². The third kappa shape index (κ3) is 4.28. The van der Waals surface area contributed by atoms with E-state index in [2.05, 4.69) is 25.4 Å². The Labute approximate surface area is 195 Å². The van der Waals surface area contributed by atoms with Crippen molar-refractivity contribution in [2.75, 3.05) is 7.11 Å². The van der Waals surface area contributed by atoms with Gasteiger partial charge >= 0.3 is 5.97 Å². The van der Waals surface area contributed by atoms with Crippen molar-refractivity contribution in [3.8, 4) is 22.6 Å². The number of hydrogen-bond donors (Lipinski definition) is 2. The molecule has 0 saturated heterocycles. The molecule has 4 heterocycles. The number of aromatic amines is 1. The predicted molar refractivity (Wildman–Crippen MR) is 127 cm³/mol. The van der Waals surface area contributed by atoms with Gasteiger partial charge in [-0.15, -0.1) is 0 Å². The second-order valence-corrected chi connectivity index (χ2v) is 7.80. The lowest BCUT2D eigenvalue weighted by Crippen LogP contribution is -2.29. The molecule has 1 aromatic carbocycles. The maximum Gasteiger partial charge on any atom is 0.327 e. The fourth-order valence-electron chi connectivity index (χ4n) is 3.84. The van der Waals surface area contributed by atoms with Gasteiger partial charge in [-0.3, -0.25) is 10.3 Å². The molecule has 4 aromatic heterocycles. The number of pyridine rings is 2. The van der Waals surface area contributed by atoms with Crippen molar-refractivity contribution >= 4 is 11.6 Å². The number of hydrogen-bond acceptors (Lipinski definition) is 7. The number of nitrogens with one attached hydrogen (secondary N) is 2. The zero-order chi connectivity index (χ0) is 23.5. The number of esters is 1. The smallest absolute Gasteiger partial charge is 0.327 e. The molecular formula is C25H23N7O2. The molecule has 2 N–H and O–H groups in total. The van der Waals surface area contributed by atoms with Gasteiger partial charge in [0.25, 0.3) is 0 Å². The highest BCUT2D eigenvalue weighted by Crippen LogP contribution is 2.29. The summed E-state index contributed by atoms with van der Waals surface area (Å²) in [5.41, 5.74) is 5.64. The standard InChI is InChI=1S/C25H23N7O2/c1-16-7-6-10-19(29-16)24-22(18-11-12-21-27-15-28-32(21)14-18)30-20(31-24)13-26-23(25(33)34-2)17-8-4-3-5-9-17/h3-12,14-15,23,26H,13H2,1-2H3,(H,30,31)/t23-/m1/s1. The van der Waals surface area contributed by atoms with Gasteiger partial charge in [-0.2, -0.15) is 5.10 Å². The van der Waals surface area contributed by atoms with Gasteiger partial charge in [0.15, 0.2) is 5.65 Å². The summed E-state index contributed by atoms with van der Waals surface area (Å²) in [6.45, 7) is 2.26. The first-order valence-electron chi connectivity index (χ1n) is 10.8. The number of fused-ring (bicyclic) bond motifs is 1. The highest BCUT2D eigenvalue weighted by Gasteiger charge is 2.22. The van der Waals surface area contributed by atoms with E-state index in [-0.39, 0.29) is 5.97 Å². The van der Waals surface area contributed by atoms with Crippen LogP contribution >= 0.6 is 0 Å². The maximum atomic E-state index is 12.4. The number of rotatable bonds is 7. The monoisotopic (exact) mass is 453 g/mol. The zero-order valence-electron chi connectivity index (χ0n) is 18.8. The molecule has 0 amide bonds. The van der Waals surface area contributed by atoms with Crippen LogP contribution in [0.2, 0.25) is 0 Å². The minimum atomic E-state index is -0.619. The number of aromatic nitrogens is 6. The van der Waals surface area contributed by atoms with Crippen LogP contribution in [-0.2, 0) is 16.1 Å². The first-order valence-corrected chi connectivity index (χ1v) is 10.8. The molecule has 0 fully saturated rings. The molecule has 1 atom stereocenters. The van der Waals surface area contributed by atoms with Gasteiger partial charge in [0.1, 0.15) is 23.9 Å². The van der Waals surface area contributed by atoms with Gasteiger partial charge in [0.2, 0.25) is 0 Å². The Morgan fingerprint density at radius 3 is 2.74 bits per heavy atom. The van der Waals surface area contributed by atoms with Gasteiger partial charge < -0.3 is 9.72 Å². The van der Waals surface area contributed by atoms with Crippen molar-refractivity contribution in [1.29, 1.82) is 0 Å². The molecule has 0 radical (unpaired) electrons. The molecule has 9 heteroatoms. The Kier molecular flexibility index (Phi) is 5.84. The molecule has 0 spiro atoms. The summed E-state index contributed by atoms with van der Waals surface area (Å²) in [6, 6.07) is 18.5. The molecule has 0 unspecified atom stereocenters. The number of aryl methyl sites for hydroxylation is 1. The van der Waals surface area contributed by atoms with E-state index in [9.17, 15) is 4.79 Å². The quantitative estimate of drug-likeness (QED) is 0.363.